The average molecular weight is 338 g/mol. The van der Waals surface area contributed by atoms with Gasteiger partial charge in [0.25, 0.3) is 0 Å². The fourth-order valence-corrected chi connectivity index (χ4v) is 3.37. The monoisotopic (exact) mass is 338 g/mol. The number of H-pyrrole nitrogens is 1. The van der Waals surface area contributed by atoms with Gasteiger partial charge < -0.3 is 20.8 Å². The van der Waals surface area contributed by atoms with Gasteiger partial charge in [0.1, 0.15) is 5.76 Å². The van der Waals surface area contributed by atoms with E-state index in [0.717, 1.165) is 16.6 Å². The maximum Gasteiger partial charge on any atom is 0.250 e. The SMILES string of the molecule is C=C1OCCC1Nc1c(-c2c(C)c(C)cc3[nH]c(N)nc23)c(=O)c1=O. The summed E-state index contributed by atoms with van der Waals surface area (Å²) in [4.78, 5) is 31.9. The number of hydrogen-bond acceptors (Lipinski definition) is 6. The topological polar surface area (TPSA) is 110 Å². The summed E-state index contributed by atoms with van der Waals surface area (Å²) in [5.41, 5.74) is 9.29. The van der Waals surface area contributed by atoms with Crippen molar-refractivity contribution in [3.05, 3.63) is 50.0 Å². The quantitative estimate of drug-likeness (QED) is 0.628. The van der Waals surface area contributed by atoms with E-state index >= 15 is 0 Å². The van der Waals surface area contributed by atoms with Crippen LogP contribution in [0.2, 0.25) is 0 Å². The van der Waals surface area contributed by atoms with E-state index < -0.39 is 10.9 Å². The van der Waals surface area contributed by atoms with Crippen molar-refractivity contribution in [1.29, 1.82) is 0 Å². The summed E-state index contributed by atoms with van der Waals surface area (Å²) in [5.74, 6) is 0.848. The molecule has 1 aliphatic heterocycles. The number of ether oxygens (including phenoxy) is 1. The molecule has 0 saturated carbocycles. The Labute approximate surface area is 143 Å². The average Bonchev–Trinajstić information content (AvgIpc) is 3.14. The van der Waals surface area contributed by atoms with Crippen LogP contribution in [-0.4, -0.2) is 22.6 Å². The minimum absolute atomic E-state index is 0.174. The molecule has 1 fully saturated rings. The summed E-state index contributed by atoms with van der Waals surface area (Å²) in [5, 5.41) is 3.13. The highest BCUT2D eigenvalue weighted by molar-refractivity contribution is 6.00. The first kappa shape index (κ1) is 15.4. The van der Waals surface area contributed by atoms with Crippen LogP contribution in [0.5, 0.6) is 0 Å². The predicted molar refractivity (Wildman–Crippen MR) is 97.4 cm³/mol. The van der Waals surface area contributed by atoms with Gasteiger partial charge >= 0.3 is 0 Å². The number of nitrogen functional groups attached to an aromatic ring is 1. The van der Waals surface area contributed by atoms with Crippen LogP contribution in [0.4, 0.5) is 11.6 Å². The van der Waals surface area contributed by atoms with Gasteiger partial charge in [-0.1, -0.05) is 6.58 Å². The van der Waals surface area contributed by atoms with Crippen LogP contribution >= 0.6 is 0 Å². The first-order chi connectivity index (χ1) is 11.9. The summed E-state index contributed by atoms with van der Waals surface area (Å²) >= 11 is 0. The van der Waals surface area contributed by atoms with E-state index in [1.807, 2.05) is 19.9 Å². The lowest BCUT2D eigenvalue weighted by Gasteiger charge is -2.19. The third-order valence-electron chi connectivity index (χ3n) is 4.88. The fourth-order valence-electron chi connectivity index (χ4n) is 3.37. The van der Waals surface area contributed by atoms with E-state index in [9.17, 15) is 9.59 Å². The van der Waals surface area contributed by atoms with E-state index in [4.69, 9.17) is 10.5 Å². The molecular weight excluding hydrogens is 320 g/mol. The third kappa shape index (κ3) is 2.15. The first-order valence-corrected chi connectivity index (χ1v) is 8.05. The van der Waals surface area contributed by atoms with Gasteiger partial charge in [-0.25, -0.2) is 4.98 Å². The van der Waals surface area contributed by atoms with Crippen LogP contribution in [0.1, 0.15) is 17.5 Å². The van der Waals surface area contributed by atoms with Crippen molar-refractivity contribution < 1.29 is 4.74 Å². The second-order valence-electron chi connectivity index (χ2n) is 6.42. The Morgan fingerprint density at radius 2 is 2.08 bits per heavy atom. The van der Waals surface area contributed by atoms with Crippen molar-refractivity contribution in [2.45, 2.75) is 26.3 Å². The molecule has 7 nitrogen and oxygen atoms in total. The number of aromatic nitrogens is 2. The van der Waals surface area contributed by atoms with Crippen LogP contribution in [0, 0.1) is 13.8 Å². The van der Waals surface area contributed by atoms with Gasteiger partial charge in [-0.2, -0.15) is 0 Å². The highest BCUT2D eigenvalue weighted by Gasteiger charge is 2.30. The van der Waals surface area contributed by atoms with Crippen molar-refractivity contribution in [3.63, 3.8) is 0 Å². The van der Waals surface area contributed by atoms with E-state index in [1.54, 1.807) is 0 Å². The summed E-state index contributed by atoms with van der Waals surface area (Å²) in [6, 6.07) is 1.76. The molecule has 1 aromatic heterocycles. The number of fused-ring (bicyclic) bond motifs is 1. The third-order valence-corrected chi connectivity index (χ3v) is 4.88. The molecule has 4 N–H and O–H groups in total. The summed E-state index contributed by atoms with van der Waals surface area (Å²) in [7, 11) is 0. The summed E-state index contributed by atoms with van der Waals surface area (Å²) in [6.07, 6.45) is 0.703. The highest BCUT2D eigenvalue weighted by atomic mass is 16.5. The van der Waals surface area contributed by atoms with E-state index in [1.165, 1.54) is 0 Å². The minimum Gasteiger partial charge on any atom is -0.496 e. The molecule has 2 heterocycles. The molecule has 1 atom stereocenters. The Balaban J connectivity index is 1.92. The first-order valence-electron chi connectivity index (χ1n) is 8.05. The maximum atomic E-state index is 12.4. The van der Waals surface area contributed by atoms with Gasteiger partial charge in [-0.3, -0.25) is 9.59 Å². The van der Waals surface area contributed by atoms with Crippen LogP contribution in [0.3, 0.4) is 0 Å². The Morgan fingerprint density at radius 3 is 2.76 bits per heavy atom. The molecule has 25 heavy (non-hydrogen) atoms. The molecule has 4 rings (SSSR count). The molecule has 0 radical (unpaired) electrons. The largest absolute Gasteiger partial charge is 0.496 e. The van der Waals surface area contributed by atoms with Gasteiger partial charge in [0, 0.05) is 12.0 Å². The lowest BCUT2D eigenvalue weighted by molar-refractivity contribution is 0.264. The molecule has 3 aromatic rings. The fraction of sp³-hybridized carbons (Fsp3) is 0.278. The van der Waals surface area contributed by atoms with Crippen LogP contribution in [-0.2, 0) is 4.74 Å². The lowest BCUT2D eigenvalue weighted by Crippen LogP contribution is -2.38. The number of aryl methyl sites for hydroxylation is 1. The number of nitrogens with one attached hydrogen (secondary N) is 2. The van der Waals surface area contributed by atoms with Crippen molar-refractivity contribution in [1.82, 2.24) is 9.97 Å². The Bertz CT molecular complexity index is 1100. The smallest absolute Gasteiger partial charge is 0.250 e. The molecule has 2 aromatic carbocycles. The standard InChI is InChI=1S/C18H18N4O3/c1-7-6-11-14(22-18(19)21-11)12(8(7)2)13-15(17(24)16(13)23)20-10-4-5-25-9(10)3/h6,10,20H,3-5H2,1-2H3,(H3,19,21,22). The molecule has 1 unspecified atom stereocenters. The molecule has 1 saturated heterocycles. The Hall–Kier alpha value is -3.09. The van der Waals surface area contributed by atoms with Crippen molar-refractivity contribution in [2.24, 2.45) is 0 Å². The lowest BCUT2D eigenvalue weighted by atomic mass is 9.91. The molecule has 7 heteroatoms. The number of hydrogen-bond donors (Lipinski definition) is 3. The van der Waals surface area contributed by atoms with E-state index in [-0.39, 0.29) is 12.0 Å². The molecule has 1 aliphatic rings. The second-order valence-corrected chi connectivity index (χ2v) is 6.42. The van der Waals surface area contributed by atoms with Crippen LogP contribution in [0.15, 0.2) is 28.0 Å². The van der Waals surface area contributed by atoms with Crippen LogP contribution < -0.4 is 21.9 Å². The maximum absolute atomic E-state index is 12.4. The zero-order chi connectivity index (χ0) is 17.9. The van der Waals surface area contributed by atoms with Gasteiger partial charge in [-0.15, -0.1) is 0 Å². The van der Waals surface area contributed by atoms with Gasteiger partial charge in [0.15, 0.2) is 5.95 Å². The summed E-state index contributed by atoms with van der Waals surface area (Å²) in [6.45, 7) is 8.24. The number of aromatic amines is 1. The number of nitrogens with zero attached hydrogens (tertiary/aromatic N) is 1. The minimum atomic E-state index is -0.521. The normalized spacial score (nSPS) is 17.4. The molecule has 0 spiro atoms. The van der Waals surface area contributed by atoms with E-state index in [2.05, 4.69) is 21.9 Å². The van der Waals surface area contributed by atoms with E-state index in [0.29, 0.717) is 41.1 Å². The number of imidazole rings is 1. The Morgan fingerprint density at radius 1 is 1.32 bits per heavy atom. The number of anilines is 2. The van der Waals surface area contributed by atoms with Gasteiger partial charge in [0.05, 0.1) is 34.9 Å². The predicted octanol–water partition coefficient (Wildman–Crippen LogP) is 1.74. The zero-order valence-corrected chi connectivity index (χ0v) is 14.0. The second kappa shape index (κ2) is 5.20. The van der Waals surface area contributed by atoms with Crippen molar-refractivity contribution in [2.75, 3.05) is 17.7 Å². The van der Waals surface area contributed by atoms with Crippen molar-refractivity contribution >= 4 is 22.7 Å². The Kier molecular flexibility index (Phi) is 3.21. The van der Waals surface area contributed by atoms with Crippen LogP contribution in [0.25, 0.3) is 22.2 Å². The molecule has 0 bridgehead atoms. The number of rotatable bonds is 3. The molecule has 0 aliphatic carbocycles. The molecule has 0 amide bonds. The number of benzene rings is 1. The molecular formula is C18H18N4O3. The highest BCUT2D eigenvalue weighted by Crippen LogP contribution is 2.36. The van der Waals surface area contributed by atoms with Crippen molar-refractivity contribution in [3.8, 4) is 11.1 Å². The van der Waals surface area contributed by atoms with Gasteiger partial charge in [-0.05, 0) is 31.0 Å². The summed E-state index contributed by atoms with van der Waals surface area (Å²) < 4.78 is 5.34. The zero-order valence-electron chi connectivity index (χ0n) is 14.0. The molecule has 128 valence electrons. The number of nitrogens with two attached hydrogens (primary N) is 1. The van der Waals surface area contributed by atoms with Gasteiger partial charge in [0.2, 0.25) is 10.9 Å².